The van der Waals surface area contributed by atoms with Crippen molar-refractivity contribution in [1.29, 1.82) is 0 Å². The highest BCUT2D eigenvalue weighted by molar-refractivity contribution is 7.80. The maximum absolute atomic E-state index is 5.93. The molecule has 21 heavy (non-hydrogen) atoms. The van der Waals surface area contributed by atoms with Crippen LogP contribution in [0.15, 0.2) is 30.5 Å². The number of halogens is 2. The largest absolute Gasteiger partial charge is 0.362 e. The summed E-state index contributed by atoms with van der Waals surface area (Å²) in [4.78, 5) is 0. The fourth-order valence-electron chi connectivity index (χ4n) is 1.86. The van der Waals surface area contributed by atoms with Gasteiger partial charge < -0.3 is 10.6 Å². The fourth-order valence-corrected chi connectivity index (χ4v) is 2.61. The summed E-state index contributed by atoms with van der Waals surface area (Å²) in [6, 6.07) is 7.21. The van der Waals surface area contributed by atoms with Crippen molar-refractivity contribution in [3.8, 4) is 0 Å². The minimum absolute atomic E-state index is 0.547. The molecule has 0 fully saturated rings. The van der Waals surface area contributed by atoms with Crippen molar-refractivity contribution in [2.75, 3.05) is 11.9 Å². The lowest BCUT2D eigenvalue weighted by Gasteiger charge is -2.11. The number of aromatic nitrogens is 2. The third-order valence-corrected chi connectivity index (χ3v) is 3.56. The van der Waals surface area contributed by atoms with E-state index in [0.717, 1.165) is 30.9 Å². The molecule has 2 aromatic rings. The van der Waals surface area contributed by atoms with Gasteiger partial charge in [-0.3, -0.25) is 4.68 Å². The summed E-state index contributed by atoms with van der Waals surface area (Å²) in [5.41, 5.74) is 1.93. The first-order chi connectivity index (χ1) is 10.0. The van der Waals surface area contributed by atoms with E-state index in [1.807, 2.05) is 17.7 Å². The number of hydrogen-bond donors (Lipinski definition) is 2. The topological polar surface area (TPSA) is 41.9 Å². The zero-order chi connectivity index (χ0) is 15.2. The number of nitrogens with zero attached hydrogens (tertiary/aromatic N) is 2. The molecular weight excluding hydrogens is 327 g/mol. The SMILES string of the molecule is Cc1ccnn1CCCNC(=S)Nc1cc(Cl)cc(Cl)c1. The van der Waals surface area contributed by atoms with E-state index in [1.54, 1.807) is 24.4 Å². The van der Waals surface area contributed by atoms with E-state index in [2.05, 4.69) is 15.7 Å². The molecule has 7 heteroatoms. The van der Waals surface area contributed by atoms with Crippen LogP contribution in [0, 0.1) is 6.92 Å². The van der Waals surface area contributed by atoms with Crippen LogP contribution in [0.5, 0.6) is 0 Å². The van der Waals surface area contributed by atoms with E-state index in [0.29, 0.717) is 15.2 Å². The molecule has 1 aromatic carbocycles. The van der Waals surface area contributed by atoms with E-state index in [9.17, 15) is 0 Å². The Bertz CT molecular complexity index is 607. The Morgan fingerprint density at radius 3 is 2.62 bits per heavy atom. The van der Waals surface area contributed by atoms with Gasteiger partial charge in [-0.2, -0.15) is 5.10 Å². The van der Waals surface area contributed by atoms with E-state index in [1.165, 1.54) is 0 Å². The standard InChI is InChI=1S/C14H16Cl2N4S/c1-10-3-5-18-20(10)6-2-4-17-14(21)19-13-8-11(15)7-12(16)9-13/h3,5,7-9H,2,4,6H2,1H3,(H2,17,19,21). The second-order valence-corrected chi connectivity index (χ2v) is 5.87. The van der Waals surface area contributed by atoms with Gasteiger partial charge in [0, 0.05) is 40.7 Å². The Morgan fingerprint density at radius 2 is 2.00 bits per heavy atom. The van der Waals surface area contributed by atoms with Gasteiger partial charge in [0.25, 0.3) is 0 Å². The van der Waals surface area contributed by atoms with Gasteiger partial charge in [0.05, 0.1) is 0 Å². The molecule has 112 valence electrons. The Kier molecular flexibility index (Phi) is 5.85. The third-order valence-electron chi connectivity index (χ3n) is 2.88. The molecule has 0 aliphatic carbocycles. The summed E-state index contributed by atoms with van der Waals surface area (Å²) in [7, 11) is 0. The van der Waals surface area contributed by atoms with E-state index in [4.69, 9.17) is 35.4 Å². The number of thiocarbonyl (C=S) groups is 1. The smallest absolute Gasteiger partial charge is 0.170 e. The van der Waals surface area contributed by atoms with Crippen molar-refractivity contribution < 1.29 is 0 Å². The van der Waals surface area contributed by atoms with Gasteiger partial charge in [0.2, 0.25) is 0 Å². The van der Waals surface area contributed by atoms with E-state index < -0.39 is 0 Å². The molecular formula is C14H16Cl2N4S. The summed E-state index contributed by atoms with van der Waals surface area (Å²) in [5.74, 6) is 0. The molecule has 0 aliphatic heterocycles. The van der Waals surface area contributed by atoms with Crippen LogP contribution in [0.4, 0.5) is 5.69 Å². The average Bonchev–Trinajstić information content (AvgIpc) is 2.79. The van der Waals surface area contributed by atoms with Crippen molar-refractivity contribution in [1.82, 2.24) is 15.1 Å². The third kappa shape index (κ3) is 5.19. The number of anilines is 1. The molecule has 4 nitrogen and oxygen atoms in total. The van der Waals surface area contributed by atoms with Crippen molar-refractivity contribution in [3.63, 3.8) is 0 Å². The van der Waals surface area contributed by atoms with Gasteiger partial charge in [0.1, 0.15) is 0 Å². The summed E-state index contributed by atoms with van der Waals surface area (Å²) in [6.45, 7) is 3.66. The molecule has 0 unspecified atom stereocenters. The van der Waals surface area contributed by atoms with Crippen molar-refractivity contribution in [3.05, 3.63) is 46.2 Å². The van der Waals surface area contributed by atoms with Crippen LogP contribution in [-0.4, -0.2) is 21.4 Å². The van der Waals surface area contributed by atoms with Gasteiger partial charge in [-0.05, 0) is 49.8 Å². The Labute approximate surface area is 139 Å². The first kappa shape index (κ1) is 16.1. The second-order valence-electron chi connectivity index (χ2n) is 4.59. The van der Waals surface area contributed by atoms with Crippen molar-refractivity contribution in [2.24, 2.45) is 0 Å². The average molecular weight is 343 g/mol. The minimum Gasteiger partial charge on any atom is -0.362 e. The lowest BCUT2D eigenvalue weighted by atomic mass is 10.3. The van der Waals surface area contributed by atoms with Crippen molar-refractivity contribution >= 4 is 46.2 Å². The van der Waals surface area contributed by atoms with Crippen LogP contribution in [0.2, 0.25) is 10.0 Å². The van der Waals surface area contributed by atoms with Crippen LogP contribution in [-0.2, 0) is 6.54 Å². The number of rotatable bonds is 5. The van der Waals surface area contributed by atoms with Gasteiger partial charge in [-0.25, -0.2) is 0 Å². The Hall–Kier alpha value is -1.30. The van der Waals surface area contributed by atoms with Gasteiger partial charge in [-0.1, -0.05) is 23.2 Å². The summed E-state index contributed by atoms with van der Waals surface area (Å²) < 4.78 is 1.97. The lowest BCUT2D eigenvalue weighted by Crippen LogP contribution is -2.29. The molecule has 0 saturated heterocycles. The molecule has 0 spiro atoms. The highest BCUT2D eigenvalue weighted by Gasteiger charge is 2.01. The highest BCUT2D eigenvalue weighted by Crippen LogP contribution is 2.22. The molecule has 0 radical (unpaired) electrons. The first-order valence-corrected chi connectivity index (χ1v) is 7.70. The van der Waals surface area contributed by atoms with Gasteiger partial charge in [0.15, 0.2) is 5.11 Å². The van der Waals surface area contributed by atoms with Crippen LogP contribution in [0.1, 0.15) is 12.1 Å². The van der Waals surface area contributed by atoms with Crippen LogP contribution in [0.3, 0.4) is 0 Å². The Morgan fingerprint density at radius 1 is 1.29 bits per heavy atom. The summed E-state index contributed by atoms with van der Waals surface area (Å²) in [5, 5.41) is 12.1. The van der Waals surface area contributed by atoms with Gasteiger partial charge >= 0.3 is 0 Å². The maximum Gasteiger partial charge on any atom is 0.170 e. The van der Waals surface area contributed by atoms with Crippen LogP contribution >= 0.6 is 35.4 Å². The second kappa shape index (κ2) is 7.64. The molecule has 1 heterocycles. The van der Waals surface area contributed by atoms with Crippen molar-refractivity contribution in [2.45, 2.75) is 19.9 Å². The fraction of sp³-hybridized carbons (Fsp3) is 0.286. The monoisotopic (exact) mass is 342 g/mol. The zero-order valence-electron chi connectivity index (χ0n) is 11.6. The number of benzene rings is 1. The number of nitrogens with one attached hydrogen (secondary N) is 2. The molecule has 0 saturated carbocycles. The zero-order valence-corrected chi connectivity index (χ0v) is 13.9. The summed E-state index contributed by atoms with van der Waals surface area (Å²) in [6.07, 6.45) is 2.73. The maximum atomic E-state index is 5.93. The summed E-state index contributed by atoms with van der Waals surface area (Å²) >= 11 is 17.1. The van der Waals surface area contributed by atoms with E-state index in [-0.39, 0.29) is 0 Å². The van der Waals surface area contributed by atoms with Crippen LogP contribution < -0.4 is 10.6 Å². The number of hydrogen-bond acceptors (Lipinski definition) is 2. The Balaban J connectivity index is 1.73. The molecule has 0 bridgehead atoms. The highest BCUT2D eigenvalue weighted by atomic mass is 35.5. The van der Waals surface area contributed by atoms with Gasteiger partial charge in [-0.15, -0.1) is 0 Å². The number of aryl methyl sites for hydroxylation is 2. The minimum atomic E-state index is 0.547. The molecule has 0 atom stereocenters. The molecule has 2 rings (SSSR count). The predicted octanol–water partition coefficient (Wildman–Crippen LogP) is 3.88. The first-order valence-electron chi connectivity index (χ1n) is 6.54. The molecule has 1 aromatic heterocycles. The van der Waals surface area contributed by atoms with Crippen LogP contribution in [0.25, 0.3) is 0 Å². The predicted molar refractivity (Wildman–Crippen MR) is 92.3 cm³/mol. The normalized spacial score (nSPS) is 10.4. The van der Waals surface area contributed by atoms with E-state index >= 15 is 0 Å². The lowest BCUT2D eigenvalue weighted by molar-refractivity contribution is 0.561. The molecule has 0 aliphatic rings. The molecule has 0 amide bonds. The quantitative estimate of drug-likeness (QED) is 0.639. The molecule has 2 N–H and O–H groups in total.